The zero-order valence-electron chi connectivity index (χ0n) is 16.2. The molecule has 1 saturated heterocycles. The molecule has 9 heteroatoms. The van der Waals surface area contributed by atoms with Gasteiger partial charge in [0.15, 0.2) is 5.78 Å². The van der Waals surface area contributed by atoms with E-state index in [9.17, 15) is 30.3 Å². The minimum atomic E-state index is -1.58. The van der Waals surface area contributed by atoms with Crippen molar-refractivity contribution in [3.63, 3.8) is 0 Å². The van der Waals surface area contributed by atoms with Crippen LogP contribution in [0, 0.1) is 0 Å². The number of aliphatic hydroxyl groups excluding tert-OH is 4. The van der Waals surface area contributed by atoms with E-state index in [0.29, 0.717) is 5.75 Å². The molecule has 3 rings (SSSR count). The molecule has 0 aliphatic carbocycles. The quantitative estimate of drug-likeness (QED) is 0.391. The SMILES string of the molecule is COc1ccc(CC(=O)c2ccc(O[C@@H]3O[C@H](CO)[C@H](O)[C@H](O)[C@@H]3O)cc2O)cc1. The first-order valence-electron chi connectivity index (χ1n) is 9.30. The van der Waals surface area contributed by atoms with E-state index in [0.717, 1.165) is 5.56 Å². The van der Waals surface area contributed by atoms with Crippen LogP contribution in [0.1, 0.15) is 15.9 Å². The summed E-state index contributed by atoms with van der Waals surface area (Å²) in [5.41, 5.74) is 0.841. The van der Waals surface area contributed by atoms with Gasteiger partial charge in [-0.3, -0.25) is 4.79 Å². The smallest absolute Gasteiger partial charge is 0.229 e. The molecular weight excluding hydrogens is 396 g/mol. The standard InChI is InChI=1S/C21H24O9/c1-28-12-4-2-11(3-5-12)8-15(23)14-7-6-13(9-16(14)24)29-21-20(27)19(26)18(25)17(10-22)30-21/h2-7,9,17-22,24-27H,8,10H2,1H3/t17-,18+,19+,20+,21-/m1/s1. The zero-order valence-corrected chi connectivity index (χ0v) is 16.2. The molecule has 0 unspecified atom stereocenters. The highest BCUT2D eigenvalue weighted by atomic mass is 16.7. The fraction of sp³-hybridized carbons (Fsp3) is 0.381. The Balaban J connectivity index is 1.69. The molecule has 5 N–H and O–H groups in total. The Morgan fingerprint density at radius 2 is 1.67 bits per heavy atom. The molecule has 1 aliphatic heterocycles. The third-order valence-corrected chi connectivity index (χ3v) is 4.89. The highest BCUT2D eigenvalue weighted by Gasteiger charge is 2.44. The Kier molecular flexibility index (Phi) is 6.91. The molecule has 2 aromatic carbocycles. The lowest BCUT2D eigenvalue weighted by atomic mass is 9.99. The molecule has 162 valence electrons. The largest absolute Gasteiger partial charge is 0.507 e. The van der Waals surface area contributed by atoms with Crippen LogP contribution >= 0.6 is 0 Å². The highest BCUT2D eigenvalue weighted by Crippen LogP contribution is 2.29. The Morgan fingerprint density at radius 1 is 1.00 bits per heavy atom. The Labute approximate surface area is 172 Å². The van der Waals surface area contributed by atoms with Crippen molar-refractivity contribution in [1.82, 2.24) is 0 Å². The van der Waals surface area contributed by atoms with Gasteiger partial charge in [-0.15, -0.1) is 0 Å². The van der Waals surface area contributed by atoms with Crippen molar-refractivity contribution in [3.8, 4) is 17.2 Å². The van der Waals surface area contributed by atoms with E-state index in [1.54, 1.807) is 31.4 Å². The van der Waals surface area contributed by atoms with Gasteiger partial charge in [-0.25, -0.2) is 0 Å². The number of benzene rings is 2. The molecule has 1 heterocycles. The van der Waals surface area contributed by atoms with Crippen molar-refractivity contribution in [2.75, 3.05) is 13.7 Å². The van der Waals surface area contributed by atoms with Gasteiger partial charge >= 0.3 is 0 Å². The average molecular weight is 420 g/mol. The van der Waals surface area contributed by atoms with Gasteiger partial charge in [-0.2, -0.15) is 0 Å². The number of ether oxygens (including phenoxy) is 3. The van der Waals surface area contributed by atoms with Crippen LogP contribution in [0.15, 0.2) is 42.5 Å². The number of Topliss-reactive ketones (excluding diaryl/α,β-unsaturated/α-hetero) is 1. The molecule has 0 bridgehead atoms. The summed E-state index contributed by atoms with van der Waals surface area (Å²) in [5.74, 6) is 0.106. The number of phenolic OH excluding ortho intramolecular Hbond substituents is 1. The fourth-order valence-electron chi connectivity index (χ4n) is 3.14. The van der Waals surface area contributed by atoms with E-state index in [1.807, 2.05) is 0 Å². The molecule has 30 heavy (non-hydrogen) atoms. The molecular formula is C21H24O9. The van der Waals surface area contributed by atoms with Gasteiger partial charge in [0, 0.05) is 12.5 Å². The van der Waals surface area contributed by atoms with Crippen LogP contribution in [0.3, 0.4) is 0 Å². The van der Waals surface area contributed by atoms with Gasteiger partial charge in [-0.1, -0.05) is 12.1 Å². The van der Waals surface area contributed by atoms with E-state index < -0.39 is 37.3 Å². The van der Waals surface area contributed by atoms with E-state index in [2.05, 4.69) is 0 Å². The summed E-state index contributed by atoms with van der Waals surface area (Å²) in [6.45, 7) is -0.588. The first kappa shape index (κ1) is 22.0. The molecule has 0 aromatic heterocycles. The van der Waals surface area contributed by atoms with Gasteiger partial charge < -0.3 is 39.7 Å². The maximum atomic E-state index is 12.5. The summed E-state index contributed by atoms with van der Waals surface area (Å²) in [6, 6.07) is 10.9. The van der Waals surface area contributed by atoms with Gasteiger partial charge in [0.1, 0.15) is 41.7 Å². The highest BCUT2D eigenvalue weighted by molar-refractivity contribution is 6.00. The number of aromatic hydroxyl groups is 1. The lowest BCUT2D eigenvalue weighted by Gasteiger charge is -2.39. The normalized spacial score (nSPS) is 26.2. The Hall–Kier alpha value is -2.69. The first-order valence-corrected chi connectivity index (χ1v) is 9.30. The summed E-state index contributed by atoms with van der Waals surface area (Å²) in [7, 11) is 1.55. The van der Waals surface area contributed by atoms with Crippen LogP contribution in [0.25, 0.3) is 0 Å². The first-order chi connectivity index (χ1) is 14.3. The molecule has 1 fully saturated rings. The van der Waals surface area contributed by atoms with Crippen LogP contribution < -0.4 is 9.47 Å². The van der Waals surface area contributed by atoms with Crippen LogP contribution in [0.4, 0.5) is 0 Å². The molecule has 2 aromatic rings. The van der Waals surface area contributed by atoms with Crippen LogP contribution in [-0.4, -0.2) is 75.7 Å². The summed E-state index contributed by atoms with van der Waals surface area (Å²) >= 11 is 0. The van der Waals surface area contributed by atoms with Gasteiger partial charge in [0.25, 0.3) is 0 Å². The predicted octanol–water partition coefficient (Wildman–Crippen LogP) is 0.00490. The maximum absolute atomic E-state index is 12.5. The number of methoxy groups -OCH3 is 1. The van der Waals surface area contributed by atoms with Crippen LogP contribution in [-0.2, 0) is 11.2 Å². The second-order valence-corrected chi connectivity index (χ2v) is 6.94. The van der Waals surface area contributed by atoms with E-state index in [1.165, 1.54) is 18.2 Å². The van der Waals surface area contributed by atoms with E-state index >= 15 is 0 Å². The minimum Gasteiger partial charge on any atom is -0.507 e. The molecule has 9 nitrogen and oxygen atoms in total. The van der Waals surface area contributed by atoms with E-state index in [4.69, 9.17) is 14.2 Å². The van der Waals surface area contributed by atoms with Crippen molar-refractivity contribution < 1.29 is 44.5 Å². The third-order valence-electron chi connectivity index (χ3n) is 4.89. The van der Waals surface area contributed by atoms with Crippen LogP contribution in [0.5, 0.6) is 17.2 Å². The topological polar surface area (TPSA) is 146 Å². The summed E-state index contributed by atoms with van der Waals surface area (Å²) in [4.78, 5) is 12.5. The fourth-order valence-corrected chi connectivity index (χ4v) is 3.14. The number of phenols is 1. The molecule has 1 aliphatic rings. The number of carbonyl (C=O) groups is 1. The van der Waals surface area contributed by atoms with Gasteiger partial charge in [0.05, 0.1) is 19.3 Å². The molecule has 0 radical (unpaired) electrons. The minimum absolute atomic E-state index is 0.0674. The predicted molar refractivity (Wildman–Crippen MR) is 104 cm³/mol. The number of rotatable bonds is 7. The number of aliphatic hydroxyl groups is 4. The van der Waals surface area contributed by atoms with E-state index in [-0.39, 0.29) is 29.3 Å². The average Bonchev–Trinajstić information content (AvgIpc) is 2.74. The number of hydrogen-bond acceptors (Lipinski definition) is 9. The number of hydrogen-bond donors (Lipinski definition) is 5. The number of carbonyl (C=O) groups excluding carboxylic acids is 1. The molecule has 5 atom stereocenters. The van der Waals surface area contributed by atoms with Crippen molar-refractivity contribution in [3.05, 3.63) is 53.6 Å². The Morgan fingerprint density at radius 3 is 2.27 bits per heavy atom. The third kappa shape index (κ3) is 4.72. The van der Waals surface area contributed by atoms with Gasteiger partial charge in [0.2, 0.25) is 6.29 Å². The summed E-state index contributed by atoms with van der Waals surface area (Å²) < 4.78 is 15.8. The van der Waals surface area contributed by atoms with Crippen molar-refractivity contribution in [1.29, 1.82) is 0 Å². The number of ketones is 1. The van der Waals surface area contributed by atoms with Gasteiger partial charge in [-0.05, 0) is 29.8 Å². The summed E-state index contributed by atoms with van der Waals surface area (Å²) in [6.07, 6.45) is -7.10. The lowest BCUT2D eigenvalue weighted by molar-refractivity contribution is -0.277. The molecule has 0 amide bonds. The summed E-state index contributed by atoms with van der Waals surface area (Å²) in [5, 5.41) is 49.1. The lowest BCUT2D eigenvalue weighted by Crippen LogP contribution is -2.60. The molecule has 0 spiro atoms. The maximum Gasteiger partial charge on any atom is 0.229 e. The monoisotopic (exact) mass is 420 g/mol. The van der Waals surface area contributed by atoms with Crippen molar-refractivity contribution >= 4 is 5.78 Å². The van der Waals surface area contributed by atoms with Crippen LogP contribution in [0.2, 0.25) is 0 Å². The van der Waals surface area contributed by atoms with Crippen molar-refractivity contribution in [2.45, 2.75) is 37.1 Å². The zero-order chi connectivity index (χ0) is 21.8. The molecule has 0 saturated carbocycles. The second kappa shape index (κ2) is 9.41. The Bertz CT molecular complexity index is 865. The van der Waals surface area contributed by atoms with Crippen molar-refractivity contribution in [2.24, 2.45) is 0 Å². The second-order valence-electron chi connectivity index (χ2n) is 6.94.